The number of likely N-dealkylation sites (tertiary alicyclic amines) is 1. The maximum atomic E-state index is 13.6. The molecule has 0 saturated carbocycles. The molecule has 0 aliphatic carbocycles. The normalized spacial score (nSPS) is 19.3. The first-order valence-electron chi connectivity index (χ1n) is 15.7. The number of rotatable bonds is 16. The van der Waals surface area contributed by atoms with Gasteiger partial charge in [-0.2, -0.15) is 0 Å². The number of Topliss-reactive ketones (excluding diaryl/α,β-unsaturated/α-hetero) is 1. The molecule has 0 aromatic carbocycles. The number of carbonyl (C=O) groups is 4. The molecule has 0 bridgehead atoms. The Morgan fingerprint density at radius 2 is 1.55 bits per heavy atom. The fraction of sp³-hybridized carbons (Fsp3) is 0.875. The number of hydrogen-bond donors (Lipinski definition) is 1. The molecule has 1 heterocycles. The molecule has 3 amide bonds. The molecule has 0 spiro atoms. The molecule has 10 nitrogen and oxygen atoms in total. The molecule has 0 aromatic heterocycles. The summed E-state index contributed by atoms with van der Waals surface area (Å²) in [5.41, 5.74) is 0. The van der Waals surface area contributed by atoms with Crippen LogP contribution in [0.25, 0.3) is 0 Å². The van der Waals surface area contributed by atoms with E-state index in [1.165, 1.54) is 6.42 Å². The zero-order chi connectivity index (χ0) is 32.7. The fourth-order valence-electron chi connectivity index (χ4n) is 5.93. The largest absolute Gasteiger partial charge is 0.379 e. The van der Waals surface area contributed by atoms with Crippen LogP contribution < -0.4 is 5.32 Å². The third-order valence-electron chi connectivity index (χ3n) is 8.40. The molecular weight excluding hydrogens is 536 g/mol. The number of methoxy groups -OCH3 is 2. The van der Waals surface area contributed by atoms with Crippen molar-refractivity contribution < 1.29 is 28.7 Å². The summed E-state index contributed by atoms with van der Waals surface area (Å²) in [6.45, 7) is 16.1. The summed E-state index contributed by atoms with van der Waals surface area (Å²) in [6.07, 6.45) is 2.85. The van der Waals surface area contributed by atoms with E-state index in [0.717, 1.165) is 19.3 Å². The first-order valence-corrected chi connectivity index (χ1v) is 15.7. The Balaban J connectivity index is 0.00000535. The molecule has 1 rings (SSSR count). The van der Waals surface area contributed by atoms with Gasteiger partial charge in [0.2, 0.25) is 17.7 Å². The maximum Gasteiger partial charge on any atom is 0.242 e. The molecule has 246 valence electrons. The van der Waals surface area contributed by atoms with Gasteiger partial charge in [-0.1, -0.05) is 61.3 Å². The molecule has 7 unspecified atom stereocenters. The van der Waals surface area contributed by atoms with E-state index in [2.05, 4.69) is 19.2 Å². The highest BCUT2D eigenvalue weighted by Gasteiger charge is 2.41. The SMILES string of the molecule is CCC.CCC(C)C(C(CC(=O)N1CCCC1C(OC)C(C)C(C)=O)OC)N(C)C(=O)CNC(=O)C(C(C)C)N(C)C. The monoisotopic (exact) mass is 598 g/mol. The number of hydrogen-bond acceptors (Lipinski definition) is 7. The predicted octanol–water partition coefficient (Wildman–Crippen LogP) is 3.61. The zero-order valence-corrected chi connectivity index (χ0v) is 28.9. The highest BCUT2D eigenvalue weighted by molar-refractivity contribution is 5.87. The lowest BCUT2D eigenvalue weighted by atomic mass is 9.90. The summed E-state index contributed by atoms with van der Waals surface area (Å²) in [4.78, 5) is 57.0. The van der Waals surface area contributed by atoms with Gasteiger partial charge in [-0.15, -0.1) is 0 Å². The van der Waals surface area contributed by atoms with Crippen LogP contribution in [0.3, 0.4) is 0 Å². The van der Waals surface area contributed by atoms with Gasteiger partial charge in [-0.05, 0) is 45.7 Å². The summed E-state index contributed by atoms with van der Waals surface area (Å²) >= 11 is 0. The molecular formula is C32H62N4O6. The molecule has 0 radical (unpaired) electrons. The van der Waals surface area contributed by atoms with Gasteiger partial charge in [0.1, 0.15) is 5.78 Å². The smallest absolute Gasteiger partial charge is 0.242 e. The van der Waals surface area contributed by atoms with Crippen molar-refractivity contribution in [2.45, 2.75) is 118 Å². The Kier molecular flexibility index (Phi) is 19.0. The molecule has 1 fully saturated rings. The Hall–Kier alpha value is -2.04. The van der Waals surface area contributed by atoms with E-state index in [1.807, 2.05) is 58.5 Å². The van der Waals surface area contributed by atoms with Crippen LogP contribution in [0, 0.1) is 17.8 Å². The summed E-state index contributed by atoms with van der Waals surface area (Å²) < 4.78 is 11.5. The van der Waals surface area contributed by atoms with E-state index < -0.39 is 6.10 Å². The van der Waals surface area contributed by atoms with Crippen LogP contribution in [-0.2, 0) is 28.7 Å². The molecule has 7 atom stereocenters. The van der Waals surface area contributed by atoms with Crippen LogP contribution in [0.2, 0.25) is 0 Å². The average molecular weight is 599 g/mol. The Morgan fingerprint density at radius 1 is 0.976 bits per heavy atom. The second kappa shape index (κ2) is 20.0. The Morgan fingerprint density at radius 3 is 1.98 bits per heavy atom. The fourth-order valence-corrected chi connectivity index (χ4v) is 5.93. The standard InChI is InChI=1S/C29H54N4O6.C3H8/c1-12-19(4)27(32(9)25(36)17-30-29(37)26(18(2)3)31(7)8)23(38-10)16-24(35)33-15-13-14-22(33)28(39-11)20(5)21(6)34;1-3-2/h18-20,22-23,26-28H,12-17H2,1-11H3,(H,30,37);3H2,1-2H3. The quantitative estimate of drug-likeness (QED) is 0.289. The Bertz CT molecular complexity index is 828. The summed E-state index contributed by atoms with van der Waals surface area (Å²) in [5, 5.41) is 2.80. The van der Waals surface area contributed by atoms with E-state index >= 15 is 0 Å². The maximum absolute atomic E-state index is 13.6. The zero-order valence-electron chi connectivity index (χ0n) is 28.9. The van der Waals surface area contributed by atoms with Crippen molar-refractivity contribution in [2.24, 2.45) is 17.8 Å². The van der Waals surface area contributed by atoms with Crippen molar-refractivity contribution in [3.63, 3.8) is 0 Å². The van der Waals surface area contributed by atoms with Crippen LogP contribution in [-0.4, -0.2) is 117 Å². The van der Waals surface area contributed by atoms with Crippen molar-refractivity contribution in [3.05, 3.63) is 0 Å². The molecule has 1 aliphatic rings. The molecule has 1 aliphatic heterocycles. The third kappa shape index (κ3) is 11.6. The van der Waals surface area contributed by atoms with Crippen molar-refractivity contribution in [1.29, 1.82) is 0 Å². The first kappa shape index (κ1) is 40.0. The topological polar surface area (TPSA) is 108 Å². The second-order valence-electron chi connectivity index (χ2n) is 12.3. The van der Waals surface area contributed by atoms with Gasteiger partial charge in [0.25, 0.3) is 0 Å². The minimum atomic E-state index is -0.533. The molecule has 10 heteroatoms. The van der Waals surface area contributed by atoms with Crippen LogP contribution in [0.1, 0.15) is 87.5 Å². The van der Waals surface area contributed by atoms with Gasteiger partial charge in [-0.3, -0.25) is 24.1 Å². The summed E-state index contributed by atoms with van der Waals surface area (Å²) in [5.74, 6) is -0.644. The lowest BCUT2D eigenvalue weighted by molar-refractivity contribution is -0.145. The lowest BCUT2D eigenvalue weighted by Crippen LogP contribution is -2.55. The van der Waals surface area contributed by atoms with Crippen molar-refractivity contribution in [3.8, 4) is 0 Å². The van der Waals surface area contributed by atoms with E-state index in [0.29, 0.717) is 6.54 Å². The van der Waals surface area contributed by atoms with Crippen molar-refractivity contribution >= 4 is 23.5 Å². The third-order valence-corrected chi connectivity index (χ3v) is 8.40. The van der Waals surface area contributed by atoms with Gasteiger partial charge in [0, 0.05) is 33.7 Å². The number of ketones is 1. The van der Waals surface area contributed by atoms with E-state index in [-0.39, 0.29) is 78.5 Å². The van der Waals surface area contributed by atoms with Crippen LogP contribution in [0.5, 0.6) is 0 Å². The van der Waals surface area contributed by atoms with Gasteiger partial charge in [0.05, 0.1) is 43.3 Å². The number of likely N-dealkylation sites (N-methyl/N-ethyl adjacent to an activating group) is 2. The summed E-state index contributed by atoms with van der Waals surface area (Å²) in [6, 6.07) is -0.882. The van der Waals surface area contributed by atoms with Crippen LogP contribution >= 0.6 is 0 Å². The highest BCUT2D eigenvalue weighted by Crippen LogP contribution is 2.29. The lowest BCUT2D eigenvalue weighted by Gasteiger charge is -2.39. The number of amides is 3. The minimum Gasteiger partial charge on any atom is -0.379 e. The predicted molar refractivity (Wildman–Crippen MR) is 168 cm³/mol. The van der Waals surface area contributed by atoms with Crippen LogP contribution in [0.4, 0.5) is 0 Å². The number of nitrogens with one attached hydrogen (secondary N) is 1. The minimum absolute atomic E-state index is 0.0327. The molecule has 1 saturated heterocycles. The molecule has 42 heavy (non-hydrogen) atoms. The van der Waals surface area contributed by atoms with Crippen molar-refractivity contribution in [1.82, 2.24) is 20.0 Å². The van der Waals surface area contributed by atoms with Gasteiger partial charge in [0.15, 0.2) is 0 Å². The number of nitrogens with zero attached hydrogens (tertiary/aromatic N) is 3. The molecule has 0 aromatic rings. The first-order chi connectivity index (χ1) is 19.6. The number of ether oxygens (including phenoxy) is 2. The second-order valence-corrected chi connectivity index (χ2v) is 12.3. The number of carbonyl (C=O) groups excluding carboxylic acids is 4. The van der Waals surface area contributed by atoms with Gasteiger partial charge < -0.3 is 24.6 Å². The van der Waals surface area contributed by atoms with E-state index in [1.54, 1.807) is 33.1 Å². The van der Waals surface area contributed by atoms with E-state index in [9.17, 15) is 19.2 Å². The van der Waals surface area contributed by atoms with Crippen LogP contribution in [0.15, 0.2) is 0 Å². The van der Waals surface area contributed by atoms with Gasteiger partial charge >= 0.3 is 0 Å². The van der Waals surface area contributed by atoms with Crippen molar-refractivity contribution in [2.75, 3.05) is 48.5 Å². The average Bonchev–Trinajstić information content (AvgIpc) is 3.40. The highest BCUT2D eigenvalue weighted by atomic mass is 16.5. The van der Waals surface area contributed by atoms with Gasteiger partial charge in [-0.25, -0.2) is 0 Å². The molecule has 1 N–H and O–H groups in total. The van der Waals surface area contributed by atoms with E-state index in [4.69, 9.17) is 9.47 Å². The summed E-state index contributed by atoms with van der Waals surface area (Å²) in [7, 11) is 8.55. The Labute approximate surface area is 256 Å².